The lowest BCUT2D eigenvalue weighted by Crippen LogP contribution is -2.50. The van der Waals surface area contributed by atoms with Crippen LogP contribution in [0.1, 0.15) is 16.7 Å². The second kappa shape index (κ2) is 9.15. The molecule has 1 N–H and O–H groups in total. The Morgan fingerprint density at radius 1 is 1.09 bits per heavy atom. The van der Waals surface area contributed by atoms with Gasteiger partial charge in [-0.15, -0.1) is 0 Å². The Bertz CT molecular complexity index is 1270. The Hall–Kier alpha value is -3.52. The number of aryl methyl sites for hydroxylation is 2. The first-order chi connectivity index (χ1) is 15.8. The minimum atomic E-state index is -3.94. The second-order valence-electron chi connectivity index (χ2n) is 7.93. The maximum atomic E-state index is 13.5. The summed E-state index contributed by atoms with van der Waals surface area (Å²) in [4.78, 5) is 13.1. The smallest absolute Gasteiger partial charge is 0.264 e. The van der Waals surface area contributed by atoms with Gasteiger partial charge >= 0.3 is 0 Å². The van der Waals surface area contributed by atoms with Crippen molar-refractivity contribution in [2.45, 2.75) is 31.4 Å². The fraction of sp³-hybridized carbons (Fsp3) is 0.240. The zero-order valence-corrected chi connectivity index (χ0v) is 19.6. The highest BCUT2D eigenvalue weighted by Gasteiger charge is 2.37. The standard InChI is InChI=1S/C25H26N2O5S/c1-17-8-13-22-23(14-17)32-24(25(28)26-15-19-7-5-4-6-18(19)2)16-27(22)33(29,30)21-11-9-20(31-3)10-12-21/h4-14,24H,15-16H2,1-3H3,(H,26,28)/t24-/m0/s1. The number of sulfonamides is 1. The molecule has 1 aliphatic heterocycles. The number of hydrogen-bond acceptors (Lipinski definition) is 5. The quantitative estimate of drug-likeness (QED) is 0.600. The van der Waals surface area contributed by atoms with Crippen LogP contribution in [0.2, 0.25) is 0 Å². The van der Waals surface area contributed by atoms with Crippen molar-refractivity contribution >= 4 is 21.6 Å². The highest BCUT2D eigenvalue weighted by atomic mass is 32.2. The molecule has 33 heavy (non-hydrogen) atoms. The van der Waals surface area contributed by atoms with Crippen molar-refractivity contribution in [2.24, 2.45) is 0 Å². The monoisotopic (exact) mass is 466 g/mol. The van der Waals surface area contributed by atoms with Crippen LogP contribution in [0.4, 0.5) is 5.69 Å². The summed E-state index contributed by atoms with van der Waals surface area (Å²) in [5.41, 5.74) is 3.35. The molecule has 8 heteroatoms. The van der Waals surface area contributed by atoms with Crippen molar-refractivity contribution in [3.63, 3.8) is 0 Å². The van der Waals surface area contributed by atoms with Gasteiger partial charge in [-0.3, -0.25) is 9.10 Å². The molecule has 0 saturated heterocycles. The zero-order chi connectivity index (χ0) is 23.6. The van der Waals surface area contributed by atoms with E-state index in [0.717, 1.165) is 16.7 Å². The Kier molecular flexibility index (Phi) is 6.29. The molecule has 3 aromatic carbocycles. The van der Waals surface area contributed by atoms with Gasteiger partial charge in [0.05, 0.1) is 24.2 Å². The number of carbonyl (C=O) groups excluding carboxylic acids is 1. The van der Waals surface area contributed by atoms with Gasteiger partial charge in [0, 0.05) is 6.54 Å². The fourth-order valence-electron chi connectivity index (χ4n) is 3.70. The number of nitrogens with zero attached hydrogens (tertiary/aromatic N) is 1. The normalized spacial score (nSPS) is 15.4. The van der Waals surface area contributed by atoms with E-state index in [1.165, 1.54) is 23.5 Å². The van der Waals surface area contributed by atoms with Gasteiger partial charge < -0.3 is 14.8 Å². The van der Waals surface area contributed by atoms with Crippen molar-refractivity contribution in [2.75, 3.05) is 18.0 Å². The van der Waals surface area contributed by atoms with Crippen molar-refractivity contribution in [1.29, 1.82) is 0 Å². The van der Waals surface area contributed by atoms with Crippen molar-refractivity contribution < 1.29 is 22.7 Å². The van der Waals surface area contributed by atoms with Crippen molar-refractivity contribution in [3.8, 4) is 11.5 Å². The Labute approximate surface area is 194 Å². The van der Waals surface area contributed by atoms with Gasteiger partial charge in [-0.25, -0.2) is 8.42 Å². The van der Waals surface area contributed by atoms with Crippen LogP contribution in [0.25, 0.3) is 0 Å². The molecule has 0 unspecified atom stereocenters. The molecular weight excluding hydrogens is 440 g/mol. The lowest BCUT2D eigenvalue weighted by atomic mass is 10.1. The van der Waals surface area contributed by atoms with Gasteiger partial charge in [0.1, 0.15) is 11.5 Å². The van der Waals surface area contributed by atoms with Crippen LogP contribution in [0.5, 0.6) is 11.5 Å². The molecule has 0 aromatic heterocycles. The Morgan fingerprint density at radius 2 is 1.82 bits per heavy atom. The summed E-state index contributed by atoms with van der Waals surface area (Å²) in [6, 6.07) is 19.2. The summed E-state index contributed by atoms with van der Waals surface area (Å²) in [5, 5.41) is 2.88. The average Bonchev–Trinajstić information content (AvgIpc) is 2.82. The number of rotatable bonds is 6. The second-order valence-corrected chi connectivity index (χ2v) is 9.80. The predicted molar refractivity (Wildman–Crippen MR) is 126 cm³/mol. The van der Waals surface area contributed by atoms with Crippen molar-refractivity contribution in [3.05, 3.63) is 83.4 Å². The first-order valence-corrected chi connectivity index (χ1v) is 12.0. The molecule has 1 amide bonds. The van der Waals surface area contributed by atoms with E-state index in [2.05, 4.69) is 5.32 Å². The molecule has 0 bridgehead atoms. The van der Waals surface area contributed by atoms with Crippen LogP contribution < -0.4 is 19.1 Å². The minimum Gasteiger partial charge on any atom is -0.497 e. The third-order valence-electron chi connectivity index (χ3n) is 5.64. The fourth-order valence-corrected chi connectivity index (χ4v) is 5.18. The molecule has 4 rings (SSSR count). The van der Waals surface area contributed by atoms with Gasteiger partial charge in [-0.05, 0) is 66.9 Å². The van der Waals surface area contributed by atoms with Gasteiger partial charge in [0.2, 0.25) is 0 Å². The molecule has 0 radical (unpaired) electrons. The van der Waals surface area contributed by atoms with Crippen LogP contribution >= 0.6 is 0 Å². The number of ether oxygens (including phenoxy) is 2. The summed E-state index contributed by atoms with van der Waals surface area (Å²) < 4.78 is 39.4. The summed E-state index contributed by atoms with van der Waals surface area (Å²) in [6.45, 7) is 4.05. The zero-order valence-electron chi connectivity index (χ0n) is 18.7. The number of carbonyl (C=O) groups is 1. The number of amides is 1. The SMILES string of the molecule is COc1ccc(S(=O)(=O)N2C[C@@H](C(=O)NCc3ccccc3C)Oc3cc(C)ccc32)cc1. The largest absolute Gasteiger partial charge is 0.497 e. The number of nitrogens with one attached hydrogen (secondary N) is 1. The molecule has 7 nitrogen and oxygen atoms in total. The van der Waals surface area contributed by atoms with Crippen LogP contribution in [0.15, 0.2) is 71.6 Å². The van der Waals surface area contributed by atoms with E-state index < -0.39 is 16.1 Å². The van der Waals surface area contributed by atoms with E-state index in [4.69, 9.17) is 9.47 Å². The number of hydrogen-bond donors (Lipinski definition) is 1. The van der Waals surface area contributed by atoms with Crippen LogP contribution in [0.3, 0.4) is 0 Å². The van der Waals surface area contributed by atoms with E-state index in [-0.39, 0.29) is 17.3 Å². The van der Waals surface area contributed by atoms with Gasteiger partial charge in [-0.1, -0.05) is 30.3 Å². The molecule has 0 fully saturated rings. The summed E-state index contributed by atoms with van der Waals surface area (Å²) >= 11 is 0. The highest BCUT2D eigenvalue weighted by Crippen LogP contribution is 2.38. The van der Waals surface area contributed by atoms with E-state index in [0.29, 0.717) is 23.7 Å². The van der Waals surface area contributed by atoms with Gasteiger partial charge in [0.25, 0.3) is 15.9 Å². The molecule has 0 spiro atoms. The van der Waals surface area contributed by atoms with Gasteiger partial charge in [-0.2, -0.15) is 0 Å². The van der Waals surface area contributed by atoms with Crippen LogP contribution in [-0.4, -0.2) is 34.1 Å². The van der Waals surface area contributed by atoms with Crippen molar-refractivity contribution in [1.82, 2.24) is 5.32 Å². The topological polar surface area (TPSA) is 84.9 Å². The predicted octanol–water partition coefficient (Wildman–Crippen LogP) is 3.58. The first-order valence-electron chi connectivity index (χ1n) is 10.6. The van der Waals surface area contributed by atoms with Crippen LogP contribution in [0, 0.1) is 13.8 Å². The molecule has 0 saturated carbocycles. The van der Waals surface area contributed by atoms with E-state index in [9.17, 15) is 13.2 Å². The molecule has 1 aliphatic rings. The summed E-state index contributed by atoms with van der Waals surface area (Å²) in [7, 11) is -2.42. The lowest BCUT2D eigenvalue weighted by Gasteiger charge is -2.35. The molecular formula is C25H26N2O5S. The number of anilines is 1. The summed E-state index contributed by atoms with van der Waals surface area (Å²) in [6.07, 6.45) is -0.989. The van der Waals surface area contributed by atoms with E-state index in [1.807, 2.05) is 44.2 Å². The minimum absolute atomic E-state index is 0.107. The maximum absolute atomic E-state index is 13.5. The maximum Gasteiger partial charge on any atom is 0.264 e. The lowest BCUT2D eigenvalue weighted by molar-refractivity contribution is -0.127. The number of benzene rings is 3. The first kappa shape index (κ1) is 22.7. The highest BCUT2D eigenvalue weighted by molar-refractivity contribution is 7.92. The third-order valence-corrected chi connectivity index (χ3v) is 7.43. The molecule has 0 aliphatic carbocycles. The van der Waals surface area contributed by atoms with Gasteiger partial charge in [0.15, 0.2) is 6.10 Å². The molecule has 1 heterocycles. The molecule has 172 valence electrons. The average molecular weight is 467 g/mol. The van der Waals surface area contributed by atoms with E-state index >= 15 is 0 Å². The summed E-state index contributed by atoms with van der Waals surface area (Å²) in [5.74, 6) is 0.537. The third kappa shape index (κ3) is 4.66. The number of methoxy groups -OCH3 is 1. The number of fused-ring (bicyclic) bond motifs is 1. The Morgan fingerprint density at radius 3 is 2.52 bits per heavy atom. The van der Waals surface area contributed by atoms with Crippen LogP contribution in [-0.2, 0) is 21.4 Å². The molecule has 1 atom stereocenters. The molecule has 3 aromatic rings. The van der Waals surface area contributed by atoms with E-state index in [1.54, 1.807) is 24.3 Å². The Balaban J connectivity index is 1.63.